The molecule has 2 aliphatic heterocycles. The topological polar surface area (TPSA) is 29.5 Å². The van der Waals surface area contributed by atoms with E-state index in [1.54, 1.807) is 6.07 Å². The molecule has 5 heteroatoms. The second kappa shape index (κ2) is 8.59. The molecule has 1 amide bonds. The third kappa shape index (κ3) is 3.61. The molecule has 3 aromatic rings. The minimum atomic E-state index is -0.342. The predicted molar refractivity (Wildman–Crippen MR) is 132 cm³/mol. The number of amides is 1. The number of rotatable bonds is 3. The molecule has 2 atom stereocenters. The van der Waals surface area contributed by atoms with Gasteiger partial charge in [0.05, 0.1) is 11.1 Å². The van der Waals surface area contributed by atoms with Gasteiger partial charge in [0.25, 0.3) is 0 Å². The molecule has 2 unspecified atom stereocenters. The van der Waals surface area contributed by atoms with Gasteiger partial charge in [-0.1, -0.05) is 72.3 Å². The standard InChI is InChI=1S/C29H25ClFNO2/c30-28-16-19(31)12-13-22(28)18-14-20-6-5-7-21(15-18)32(20)29(33)34-17-27-25-10-3-1-8-23(25)24-9-2-4-11-26(24)27/h1-4,8-14,16,20-21,27H,5-7,15,17H2. The van der Waals surface area contributed by atoms with Gasteiger partial charge in [0, 0.05) is 12.0 Å². The van der Waals surface area contributed by atoms with Gasteiger partial charge >= 0.3 is 6.09 Å². The van der Waals surface area contributed by atoms with Crippen LogP contribution >= 0.6 is 11.6 Å². The molecule has 172 valence electrons. The lowest BCUT2D eigenvalue weighted by Crippen LogP contribution is -2.51. The zero-order valence-electron chi connectivity index (χ0n) is 18.7. The molecule has 3 nitrogen and oxygen atoms in total. The first-order chi connectivity index (χ1) is 16.6. The lowest BCUT2D eigenvalue weighted by Gasteiger charge is -2.44. The lowest BCUT2D eigenvalue weighted by molar-refractivity contribution is 0.0539. The molecule has 0 saturated carbocycles. The molecular formula is C29H25ClFNO2. The number of carbonyl (C=O) groups excluding carboxylic acids is 1. The first kappa shape index (κ1) is 21.4. The maximum absolute atomic E-state index is 13.5. The molecule has 0 radical (unpaired) electrons. The number of hydrogen-bond acceptors (Lipinski definition) is 2. The van der Waals surface area contributed by atoms with Crippen molar-refractivity contribution in [2.75, 3.05) is 6.61 Å². The molecule has 3 aromatic carbocycles. The van der Waals surface area contributed by atoms with Crippen LogP contribution in [0, 0.1) is 5.82 Å². The van der Waals surface area contributed by atoms with E-state index in [1.807, 2.05) is 17.0 Å². The Morgan fingerprint density at radius 2 is 1.68 bits per heavy atom. The monoisotopic (exact) mass is 473 g/mol. The highest BCUT2D eigenvalue weighted by Gasteiger charge is 2.39. The Morgan fingerprint density at radius 3 is 2.35 bits per heavy atom. The maximum atomic E-state index is 13.5. The Morgan fingerprint density at radius 1 is 0.971 bits per heavy atom. The van der Waals surface area contributed by atoms with E-state index in [9.17, 15) is 9.18 Å². The summed E-state index contributed by atoms with van der Waals surface area (Å²) < 4.78 is 19.5. The van der Waals surface area contributed by atoms with Crippen LogP contribution in [0.1, 0.15) is 48.3 Å². The fourth-order valence-corrected chi connectivity index (χ4v) is 6.22. The number of nitrogens with zero attached hydrogens (tertiary/aromatic N) is 1. The molecular weight excluding hydrogens is 449 g/mol. The Balaban J connectivity index is 1.23. The molecule has 2 bridgehead atoms. The van der Waals surface area contributed by atoms with Crippen molar-refractivity contribution in [3.05, 3.63) is 100 Å². The summed E-state index contributed by atoms with van der Waals surface area (Å²) in [5.74, 6) is -0.296. The first-order valence-electron chi connectivity index (χ1n) is 11.9. The van der Waals surface area contributed by atoms with Crippen LogP contribution in [0.25, 0.3) is 16.7 Å². The van der Waals surface area contributed by atoms with Crippen molar-refractivity contribution in [3.63, 3.8) is 0 Å². The number of piperidine rings is 1. The minimum Gasteiger partial charge on any atom is -0.448 e. The van der Waals surface area contributed by atoms with Crippen molar-refractivity contribution in [2.45, 2.75) is 43.7 Å². The van der Waals surface area contributed by atoms with Crippen molar-refractivity contribution in [3.8, 4) is 11.1 Å². The van der Waals surface area contributed by atoms with Gasteiger partial charge in [-0.25, -0.2) is 9.18 Å². The smallest absolute Gasteiger partial charge is 0.410 e. The lowest BCUT2D eigenvalue weighted by atomic mass is 9.83. The summed E-state index contributed by atoms with van der Waals surface area (Å²) in [4.78, 5) is 15.3. The Hall–Kier alpha value is -3.11. The van der Waals surface area contributed by atoms with Crippen LogP contribution in [-0.4, -0.2) is 29.7 Å². The molecule has 0 N–H and O–H groups in total. The zero-order chi connectivity index (χ0) is 23.2. The maximum Gasteiger partial charge on any atom is 0.410 e. The quantitative estimate of drug-likeness (QED) is 0.395. The second-order valence-electron chi connectivity index (χ2n) is 9.38. The first-order valence-corrected chi connectivity index (χ1v) is 12.3. The van der Waals surface area contributed by atoms with Crippen LogP contribution in [0.5, 0.6) is 0 Å². The summed E-state index contributed by atoms with van der Waals surface area (Å²) in [6.45, 7) is 0.323. The van der Waals surface area contributed by atoms with Gasteiger partial charge in [-0.05, 0) is 71.2 Å². The van der Waals surface area contributed by atoms with Gasteiger partial charge in [-0.3, -0.25) is 4.90 Å². The summed E-state index contributed by atoms with van der Waals surface area (Å²) in [7, 11) is 0. The van der Waals surface area contributed by atoms with Crippen LogP contribution < -0.4 is 0 Å². The number of ether oxygens (including phenoxy) is 1. The molecule has 0 aromatic heterocycles. The summed E-state index contributed by atoms with van der Waals surface area (Å²) in [5, 5.41) is 0.416. The van der Waals surface area contributed by atoms with Gasteiger partial charge in [-0.15, -0.1) is 0 Å². The van der Waals surface area contributed by atoms with E-state index in [0.29, 0.717) is 18.1 Å². The average Bonchev–Trinajstić information content (AvgIpc) is 3.15. The number of carbonyl (C=O) groups is 1. The van der Waals surface area contributed by atoms with Crippen molar-refractivity contribution < 1.29 is 13.9 Å². The van der Waals surface area contributed by atoms with Gasteiger partial charge < -0.3 is 4.74 Å². The molecule has 1 aliphatic carbocycles. The molecule has 1 saturated heterocycles. The Kier molecular flexibility index (Phi) is 5.41. The zero-order valence-corrected chi connectivity index (χ0v) is 19.5. The summed E-state index contributed by atoms with van der Waals surface area (Å²) in [6, 6.07) is 21.3. The average molecular weight is 474 g/mol. The number of hydrogen-bond donors (Lipinski definition) is 0. The molecule has 0 spiro atoms. The van der Waals surface area contributed by atoms with Crippen LogP contribution in [0.2, 0.25) is 5.02 Å². The SMILES string of the molecule is O=C(OCC1c2ccccc2-c2ccccc21)N1C2C=C(c3ccc(F)cc3Cl)CC1CCC2. The van der Waals surface area contributed by atoms with Crippen molar-refractivity contribution >= 4 is 23.3 Å². The van der Waals surface area contributed by atoms with E-state index in [0.717, 1.165) is 30.4 Å². The van der Waals surface area contributed by atoms with Gasteiger partial charge in [0.15, 0.2) is 0 Å². The number of halogens is 2. The van der Waals surface area contributed by atoms with Gasteiger partial charge in [0.1, 0.15) is 12.4 Å². The van der Waals surface area contributed by atoms with E-state index in [2.05, 4.69) is 42.5 Å². The highest BCUT2D eigenvalue weighted by atomic mass is 35.5. The third-order valence-electron chi connectivity index (χ3n) is 7.46. The highest BCUT2D eigenvalue weighted by molar-refractivity contribution is 6.32. The number of fused-ring (bicyclic) bond motifs is 5. The summed E-state index contributed by atoms with van der Waals surface area (Å²) >= 11 is 6.34. The second-order valence-corrected chi connectivity index (χ2v) is 9.79. The summed E-state index contributed by atoms with van der Waals surface area (Å²) in [6.07, 6.45) is 5.46. The Labute approximate surface area is 203 Å². The Bertz CT molecular complexity index is 1260. The summed E-state index contributed by atoms with van der Waals surface area (Å²) in [5.41, 5.74) is 6.80. The van der Waals surface area contributed by atoms with Gasteiger partial charge in [-0.2, -0.15) is 0 Å². The van der Waals surface area contributed by atoms with E-state index in [1.165, 1.54) is 34.4 Å². The largest absolute Gasteiger partial charge is 0.448 e. The molecule has 3 aliphatic rings. The fraction of sp³-hybridized carbons (Fsp3) is 0.276. The van der Waals surface area contributed by atoms with Crippen molar-refractivity contribution in [2.24, 2.45) is 0 Å². The highest BCUT2D eigenvalue weighted by Crippen LogP contribution is 2.45. The third-order valence-corrected chi connectivity index (χ3v) is 7.77. The molecule has 2 heterocycles. The van der Waals surface area contributed by atoms with Gasteiger partial charge in [0.2, 0.25) is 0 Å². The molecule has 6 rings (SSSR count). The van der Waals surface area contributed by atoms with Crippen LogP contribution in [0.4, 0.5) is 9.18 Å². The van der Waals surface area contributed by atoms with E-state index in [4.69, 9.17) is 16.3 Å². The van der Waals surface area contributed by atoms with E-state index < -0.39 is 0 Å². The number of benzene rings is 3. The van der Waals surface area contributed by atoms with Crippen molar-refractivity contribution in [1.82, 2.24) is 4.90 Å². The molecule has 34 heavy (non-hydrogen) atoms. The van der Waals surface area contributed by atoms with Crippen LogP contribution in [0.3, 0.4) is 0 Å². The van der Waals surface area contributed by atoms with Crippen LogP contribution in [0.15, 0.2) is 72.8 Å². The molecule has 1 fully saturated rings. The normalized spacial score (nSPS) is 21.0. The van der Waals surface area contributed by atoms with Crippen LogP contribution in [-0.2, 0) is 4.74 Å². The van der Waals surface area contributed by atoms with E-state index >= 15 is 0 Å². The fourth-order valence-electron chi connectivity index (χ4n) is 5.93. The predicted octanol–water partition coefficient (Wildman–Crippen LogP) is 7.44. The minimum absolute atomic E-state index is 0.0285. The van der Waals surface area contributed by atoms with E-state index in [-0.39, 0.29) is 29.9 Å². The van der Waals surface area contributed by atoms with Crippen molar-refractivity contribution in [1.29, 1.82) is 0 Å².